The summed E-state index contributed by atoms with van der Waals surface area (Å²) < 4.78 is 0. The average molecular weight is 274 g/mol. The molecule has 0 unspecified atom stereocenters. The number of nitrogens with zero attached hydrogens (tertiary/aromatic N) is 1. The van der Waals surface area contributed by atoms with E-state index in [1.165, 1.54) is 38.3 Å². The fourth-order valence-electron chi connectivity index (χ4n) is 5.11. The zero-order valence-electron chi connectivity index (χ0n) is 11.2. The fraction of sp³-hybridized carbons (Fsp3) is 0.667. The molecule has 4 aliphatic rings. The molecule has 1 aromatic heterocycles. The first-order valence-electron chi connectivity index (χ1n) is 7.44. The molecule has 5 heteroatoms. The molecule has 0 aromatic carbocycles. The van der Waals surface area contributed by atoms with Crippen LogP contribution >= 0.6 is 0 Å². The topological polar surface area (TPSA) is 83.0 Å². The van der Waals surface area contributed by atoms with Crippen LogP contribution in [0.25, 0.3) is 0 Å². The summed E-state index contributed by atoms with van der Waals surface area (Å²) in [5.74, 6) is 2.04. The number of nitrogens with one attached hydrogen (secondary N) is 1. The van der Waals surface area contributed by atoms with Crippen molar-refractivity contribution in [3.05, 3.63) is 17.7 Å². The van der Waals surface area contributed by atoms with Crippen molar-refractivity contribution in [1.29, 1.82) is 0 Å². The highest BCUT2D eigenvalue weighted by atomic mass is 16.4. The number of imidazole rings is 1. The number of H-pyrrole nitrogens is 1. The van der Waals surface area contributed by atoms with Crippen LogP contribution in [0.1, 0.15) is 54.3 Å². The Kier molecular flexibility index (Phi) is 2.53. The summed E-state index contributed by atoms with van der Waals surface area (Å²) in [4.78, 5) is 29.5. The lowest BCUT2D eigenvalue weighted by molar-refractivity contribution is -0.131. The van der Waals surface area contributed by atoms with Crippen LogP contribution in [-0.4, -0.2) is 26.8 Å². The second-order valence-corrected chi connectivity index (χ2v) is 6.77. The van der Waals surface area contributed by atoms with Crippen LogP contribution in [0.3, 0.4) is 0 Å². The van der Waals surface area contributed by atoms with Gasteiger partial charge in [-0.25, -0.2) is 9.78 Å². The molecule has 20 heavy (non-hydrogen) atoms. The van der Waals surface area contributed by atoms with Crippen molar-refractivity contribution in [3.8, 4) is 0 Å². The Hall–Kier alpha value is -1.65. The number of carboxylic acid groups (broad SMARTS) is 1. The third kappa shape index (κ3) is 1.72. The van der Waals surface area contributed by atoms with Gasteiger partial charge in [0.1, 0.15) is 11.5 Å². The van der Waals surface area contributed by atoms with Crippen molar-refractivity contribution in [1.82, 2.24) is 9.97 Å². The van der Waals surface area contributed by atoms with Crippen molar-refractivity contribution in [3.63, 3.8) is 0 Å². The Balaban J connectivity index is 1.62. The molecular weight excluding hydrogens is 256 g/mol. The van der Waals surface area contributed by atoms with Crippen LogP contribution in [-0.2, 0) is 4.79 Å². The molecule has 0 radical (unpaired) electrons. The smallest absolute Gasteiger partial charge is 0.378 e. The first-order chi connectivity index (χ1) is 9.61. The highest BCUT2D eigenvalue weighted by Crippen LogP contribution is 2.59. The van der Waals surface area contributed by atoms with E-state index in [-0.39, 0.29) is 5.69 Å². The molecule has 4 fully saturated rings. The molecule has 5 rings (SSSR count). The van der Waals surface area contributed by atoms with Gasteiger partial charge in [-0.3, -0.25) is 4.79 Å². The molecule has 106 valence electrons. The van der Waals surface area contributed by atoms with E-state index >= 15 is 0 Å². The number of carboxylic acids is 1. The Morgan fingerprint density at radius 2 is 1.70 bits per heavy atom. The first kappa shape index (κ1) is 12.1. The van der Waals surface area contributed by atoms with Gasteiger partial charge < -0.3 is 10.1 Å². The van der Waals surface area contributed by atoms with E-state index in [1.807, 2.05) is 0 Å². The number of ketones is 1. The third-order valence-electron chi connectivity index (χ3n) is 5.58. The van der Waals surface area contributed by atoms with Gasteiger partial charge in [-0.05, 0) is 55.8 Å². The van der Waals surface area contributed by atoms with Gasteiger partial charge in [-0.2, -0.15) is 0 Å². The number of aromatic nitrogens is 2. The van der Waals surface area contributed by atoms with E-state index < -0.39 is 11.8 Å². The van der Waals surface area contributed by atoms with Crippen molar-refractivity contribution >= 4 is 11.8 Å². The molecule has 2 N–H and O–H groups in total. The number of rotatable bonds is 3. The molecule has 0 amide bonds. The highest BCUT2D eigenvalue weighted by molar-refractivity contribution is 6.39. The van der Waals surface area contributed by atoms with Crippen LogP contribution in [0.4, 0.5) is 0 Å². The summed E-state index contributed by atoms with van der Waals surface area (Å²) in [5, 5.41) is 8.76. The Morgan fingerprint density at radius 3 is 2.25 bits per heavy atom. The lowest BCUT2D eigenvalue weighted by Crippen LogP contribution is -2.44. The quantitative estimate of drug-likeness (QED) is 0.654. The van der Waals surface area contributed by atoms with Gasteiger partial charge in [0.2, 0.25) is 0 Å². The van der Waals surface area contributed by atoms with Gasteiger partial charge in [0.25, 0.3) is 5.78 Å². The van der Waals surface area contributed by atoms with E-state index in [1.54, 1.807) is 0 Å². The van der Waals surface area contributed by atoms with E-state index in [2.05, 4.69) is 9.97 Å². The lowest BCUT2D eigenvalue weighted by Gasteiger charge is -2.53. The molecular formula is C15H18N2O3. The van der Waals surface area contributed by atoms with Crippen LogP contribution in [0, 0.1) is 23.7 Å². The zero-order valence-corrected chi connectivity index (χ0v) is 11.2. The molecule has 5 nitrogen and oxygen atoms in total. The number of hydrogen-bond acceptors (Lipinski definition) is 3. The predicted octanol–water partition coefficient (Wildman–Crippen LogP) is 2.22. The number of Topliss-reactive ketones (excluding diaryl/α,β-unsaturated/α-hetero) is 1. The molecule has 1 aromatic rings. The maximum absolute atomic E-state index is 11.5. The molecule has 4 saturated carbocycles. The average Bonchev–Trinajstić information content (AvgIpc) is 2.85. The van der Waals surface area contributed by atoms with Crippen molar-refractivity contribution < 1.29 is 14.7 Å². The minimum Gasteiger partial charge on any atom is -0.475 e. The van der Waals surface area contributed by atoms with Gasteiger partial charge in [0.15, 0.2) is 0 Å². The summed E-state index contributed by atoms with van der Waals surface area (Å²) in [6, 6.07) is 0. The maximum atomic E-state index is 11.5. The SMILES string of the molecule is O=C(O)C(=O)c1cnc(C2C3CC4CC(C3)CC2C4)[nH]1. The van der Waals surface area contributed by atoms with E-state index in [0.717, 1.165) is 17.7 Å². The second kappa shape index (κ2) is 4.17. The van der Waals surface area contributed by atoms with Gasteiger partial charge in [0, 0.05) is 5.92 Å². The number of aromatic amines is 1. The number of carbonyl (C=O) groups is 2. The van der Waals surface area contributed by atoms with Crippen LogP contribution < -0.4 is 0 Å². The Morgan fingerprint density at radius 1 is 1.10 bits per heavy atom. The van der Waals surface area contributed by atoms with Gasteiger partial charge in [-0.15, -0.1) is 0 Å². The van der Waals surface area contributed by atoms with Gasteiger partial charge in [0.05, 0.1) is 6.20 Å². The molecule has 0 saturated heterocycles. The Labute approximate surface area is 116 Å². The van der Waals surface area contributed by atoms with Crippen molar-refractivity contribution in [2.45, 2.75) is 38.0 Å². The Bertz CT molecular complexity index is 549. The molecule has 0 atom stereocenters. The lowest BCUT2D eigenvalue weighted by atomic mass is 9.52. The summed E-state index contributed by atoms with van der Waals surface area (Å²) in [7, 11) is 0. The zero-order chi connectivity index (χ0) is 13.9. The highest BCUT2D eigenvalue weighted by Gasteiger charge is 2.49. The third-order valence-corrected chi connectivity index (χ3v) is 5.58. The van der Waals surface area contributed by atoms with Crippen LogP contribution in [0.15, 0.2) is 6.20 Å². The van der Waals surface area contributed by atoms with E-state index in [4.69, 9.17) is 5.11 Å². The molecule has 0 spiro atoms. The number of aliphatic carboxylic acids is 1. The van der Waals surface area contributed by atoms with Crippen LogP contribution in [0.2, 0.25) is 0 Å². The maximum Gasteiger partial charge on any atom is 0.378 e. The fourth-order valence-corrected chi connectivity index (χ4v) is 5.11. The van der Waals surface area contributed by atoms with E-state index in [9.17, 15) is 9.59 Å². The molecule has 4 bridgehead atoms. The number of hydrogen-bond donors (Lipinski definition) is 2. The molecule has 0 aliphatic heterocycles. The molecule has 4 aliphatic carbocycles. The molecule has 1 heterocycles. The van der Waals surface area contributed by atoms with E-state index in [0.29, 0.717) is 17.8 Å². The van der Waals surface area contributed by atoms with Gasteiger partial charge in [-0.1, -0.05) is 0 Å². The number of carbonyl (C=O) groups excluding carboxylic acids is 1. The van der Waals surface area contributed by atoms with Crippen molar-refractivity contribution in [2.24, 2.45) is 23.7 Å². The largest absolute Gasteiger partial charge is 0.475 e. The minimum absolute atomic E-state index is 0.112. The minimum atomic E-state index is -1.43. The van der Waals surface area contributed by atoms with Crippen LogP contribution in [0.5, 0.6) is 0 Å². The van der Waals surface area contributed by atoms with Gasteiger partial charge >= 0.3 is 5.97 Å². The standard InChI is InChI=1S/C15H18N2O3/c18-13(15(19)20)11-6-16-14(17-11)12-9-2-7-1-8(4-9)5-10(12)3-7/h6-10,12H,1-5H2,(H,16,17)(H,19,20). The van der Waals surface area contributed by atoms with Crippen molar-refractivity contribution in [2.75, 3.05) is 0 Å². The normalized spacial score (nSPS) is 38.1. The predicted molar refractivity (Wildman–Crippen MR) is 70.3 cm³/mol. The summed E-state index contributed by atoms with van der Waals surface area (Å²) in [5.41, 5.74) is 0.112. The summed E-state index contributed by atoms with van der Waals surface area (Å²) in [6.07, 6.45) is 7.90. The monoisotopic (exact) mass is 274 g/mol. The second-order valence-electron chi connectivity index (χ2n) is 6.77. The summed E-state index contributed by atoms with van der Waals surface area (Å²) in [6.45, 7) is 0. The summed E-state index contributed by atoms with van der Waals surface area (Å²) >= 11 is 0. The first-order valence-corrected chi connectivity index (χ1v) is 7.44.